The molecule has 10 aromatic rings. The van der Waals surface area contributed by atoms with Crippen molar-refractivity contribution in [3.8, 4) is 28.0 Å². The predicted octanol–water partition coefficient (Wildman–Crippen LogP) is 17.3. The van der Waals surface area contributed by atoms with E-state index >= 15 is 0 Å². The van der Waals surface area contributed by atoms with Gasteiger partial charge < -0.3 is 14.5 Å². The summed E-state index contributed by atoms with van der Waals surface area (Å²) in [7, 11) is 0. The fourth-order valence-corrected chi connectivity index (χ4v) is 10.7. The van der Waals surface area contributed by atoms with Crippen LogP contribution in [0, 0.1) is 0 Å². The van der Waals surface area contributed by atoms with Gasteiger partial charge in [0, 0.05) is 45.3 Å². The Morgan fingerprint density at radius 1 is 0.418 bits per heavy atom. The van der Waals surface area contributed by atoms with E-state index in [1.54, 1.807) is 0 Å². The standard InChI is InChI=1S/C64H46N2O/c1-3-20-61-58(4-2)64(60-33-17-18-34-62(60)67-61)59-32-16-15-29-56(59)57-31-19-30-55(63(57)64)48-41-53(65(49-25-7-5-8-26-49)51-37-35-44-21-11-13-23-46(44)39-51)43-54(42-48)66(50-27-9-6-10-28-50)52-38-36-45-22-12-14-24-47(45)40-52/h3-43H,2H2,1H3/b20-3-. The van der Waals surface area contributed by atoms with Gasteiger partial charge >= 0.3 is 0 Å². The van der Waals surface area contributed by atoms with Crippen molar-refractivity contribution < 1.29 is 4.74 Å². The van der Waals surface area contributed by atoms with Crippen molar-refractivity contribution in [2.24, 2.45) is 0 Å². The van der Waals surface area contributed by atoms with Crippen LogP contribution in [0.4, 0.5) is 34.1 Å². The summed E-state index contributed by atoms with van der Waals surface area (Å²) in [5, 5.41) is 4.76. The van der Waals surface area contributed by atoms with Gasteiger partial charge in [0.2, 0.25) is 0 Å². The second kappa shape index (κ2) is 16.4. The predicted molar refractivity (Wildman–Crippen MR) is 281 cm³/mol. The summed E-state index contributed by atoms with van der Waals surface area (Å²) in [5.74, 6) is 1.63. The first-order chi connectivity index (χ1) is 33.1. The first kappa shape index (κ1) is 39.9. The van der Waals surface area contributed by atoms with Crippen molar-refractivity contribution in [2.75, 3.05) is 9.80 Å². The van der Waals surface area contributed by atoms with Crippen LogP contribution in [-0.4, -0.2) is 0 Å². The van der Waals surface area contributed by atoms with Gasteiger partial charge in [0.15, 0.2) is 0 Å². The summed E-state index contributed by atoms with van der Waals surface area (Å²) >= 11 is 0. The van der Waals surface area contributed by atoms with E-state index in [-0.39, 0.29) is 0 Å². The highest BCUT2D eigenvalue weighted by Crippen LogP contribution is 2.63. The molecule has 1 unspecified atom stereocenters. The normalized spacial score (nSPS) is 14.8. The van der Waals surface area contributed by atoms with Gasteiger partial charge in [-0.2, -0.15) is 0 Å². The Morgan fingerprint density at radius 2 is 0.925 bits per heavy atom. The van der Waals surface area contributed by atoms with Crippen LogP contribution in [0.1, 0.15) is 23.6 Å². The second-order valence-corrected chi connectivity index (χ2v) is 17.2. The molecule has 1 heterocycles. The number of fused-ring (bicyclic) bond motifs is 9. The van der Waals surface area contributed by atoms with E-state index in [9.17, 15) is 0 Å². The fraction of sp³-hybridized carbons (Fsp3) is 0.0312. The molecule has 0 saturated heterocycles. The van der Waals surface area contributed by atoms with Crippen molar-refractivity contribution in [1.29, 1.82) is 0 Å². The molecule has 67 heavy (non-hydrogen) atoms. The average Bonchev–Trinajstić information content (AvgIpc) is 3.67. The quantitative estimate of drug-likeness (QED) is 0.144. The third-order valence-corrected chi connectivity index (χ3v) is 13.5. The van der Waals surface area contributed by atoms with E-state index in [2.05, 4.69) is 259 Å². The zero-order valence-corrected chi connectivity index (χ0v) is 37.2. The van der Waals surface area contributed by atoms with Crippen molar-refractivity contribution >= 4 is 55.7 Å². The summed E-state index contributed by atoms with van der Waals surface area (Å²) in [5.41, 5.74) is 14.7. The van der Waals surface area contributed by atoms with Crippen LogP contribution < -0.4 is 14.5 Å². The van der Waals surface area contributed by atoms with Gasteiger partial charge in [-0.05, 0) is 141 Å². The van der Waals surface area contributed by atoms with Crippen LogP contribution >= 0.6 is 0 Å². The first-order valence-corrected chi connectivity index (χ1v) is 23.0. The highest BCUT2D eigenvalue weighted by molar-refractivity contribution is 5.98. The van der Waals surface area contributed by atoms with E-state index in [4.69, 9.17) is 4.74 Å². The fourth-order valence-electron chi connectivity index (χ4n) is 10.7. The maximum Gasteiger partial charge on any atom is 0.132 e. The number of para-hydroxylation sites is 3. The van der Waals surface area contributed by atoms with Gasteiger partial charge in [-0.15, -0.1) is 0 Å². The molecular formula is C64H46N2O. The Balaban J connectivity index is 1.20. The van der Waals surface area contributed by atoms with Gasteiger partial charge in [-0.3, -0.25) is 0 Å². The summed E-state index contributed by atoms with van der Waals surface area (Å²) < 4.78 is 6.80. The minimum atomic E-state index is -0.737. The Labute approximate surface area is 392 Å². The van der Waals surface area contributed by atoms with Crippen LogP contribution in [0.25, 0.3) is 43.8 Å². The largest absolute Gasteiger partial charge is 0.457 e. The molecule has 1 aliphatic carbocycles. The number of rotatable bonds is 9. The maximum atomic E-state index is 6.80. The van der Waals surface area contributed by atoms with Crippen molar-refractivity contribution in [3.05, 3.63) is 283 Å². The summed E-state index contributed by atoms with van der Waals surface area (Å²) in [6, 6.07) is 83.6. The number of ether oxygens (including phenoxy) is 1. The Morgan fingerprint density at radius 3 is 1.52 bits per heavy atom. The van der Waals surface area contributed by atoms with Crippen molar-refractivity contribution in [2.45, 2.75) is 12.3 Å². The summed E-state index contributed by atoms with van der Waals surface area (Å²) in [6.07, 6.45) is 6.16. The smallest absolute Gasteiger partial charge is 0.132 e. The first-order valence-electron chi connectivity index (χ1n) is 23.0. The lowest BCUT2D eigenvalue weighted by molar-refractivity contribution is 0.403. The highest BCUT2D eigenvalue weighted by atomic mass is 16.5. The Kier molecular flexibility index (Phi) is 9.77. The van der Waals surface area contributed by atoms with Crippen LogP contribution in [0.3, 0.4) is 0 Å². The van der Waals surface area contributed by atoms with Gasteiger partial charge in [-0.1, -0.05) is 176 Å². The molecule has 1 spiro atoms. The second-order valence-electron chi connectivity index (χ2n) is 17.2. The lowest BCUT2D eigenvalue weighted by atomic mass is 9.64. The summed E-state index contributed by atoms with van der Waals surface area (Å²) in [4.78, 5) is 4.80. The molecule has 0 saturated carbocycles. The molecule has 0 amide bonds. The topological polar surface area (TPSA) is 15.7 Å². The zero-order valence-electron chi connectivity index (χ0n) is 37.2. The summed E-state index contributed by atoms with van der Waals surface area (Å²) in [6.45, 7) is 6.57. The van der Waals surface area contributed by atoms with E-state index in [1.165, 1.54) is 43.8 Å². The third-order valence-electron chi connectivity index (χ3n) is 13.5. The minimum Gasteiger partial charge on any atom is -0.457 e. The Bertz CT molecular complexity index is 3470. The lowest BCUT2D eigenvalue weighted by Gasteiger charge is -2.40. The molecule has 3 nitrogen and oxygen atoms in total. The molecular weight excluding hydrogens is 813 g/mol. The van der Waals surface area contributed by atoms with Crippen LogP contribution in [0.5, 0.6) is 5.75 Å². The Hall–Kier alpha value is -8.66. The number of nitrogens with zero attached hydrogens (tertiary/aromatic N) is 2. The van der Waals surface area contributed by atoms with Crippen LogP contribution in [0.15, 0.2) is 267 Å². The van der Waals surface area contributed by atoms with Crippen LogP contribution in [0.2, 0.25) is 0 Å². The van der Waals surface area contributed by atoms with Gasteiger partial charge in [0.25, 0.3) is 0 Å². The minimum absolute atomic E-state index is 0.737. The molecule has 2 aliphatic rings. The molecule has 10 aromatic carbocycles. The molecule has 1 aliphatic heterocycles. The average molecular weight is 859 g/mol. The number of allylic oxidation sites excluding steroid dienone is 4. The molecule has 0 N–H and O–H groups in total. The highest BCUT2D eigenvalue weighted by Gasteiger charge is 2.52. The molecule has 318 valence electrons. The van der Waals surface area contributed by atoms with Crippen molar-refractivity contribution in [3.63, 3.8) is 0 Å². The number of hydrogen-bond acceptors (Lipinski definition) is 3. The lowest BCUT2D eigenvalue weighted by Crippen LogP contribution is -2.34. The van der Waals surface area contributed by atoms with Crippen LogP contribution in [-0.2, 0) is 5.41 Å². The van der Waals surface area contributed by atoms with Gasteiger partial charge in [0.05, 0.1) is 5.41 Å². The van der Waals surface area contributed by atoms with Gasteiger partial charge in [0.1, 0.15) is 11.5 Å². The van der Waals surface area contributed by atoms with Crippen molar-refractivity contribution in [1.82, 2.24) is 0 Å². The van der Waals surface area contributed by atoms with E-state index in [0.29, 0.717) is 0 Å². The third kappa shape index (κ3) is 6.50. The molecule has 1 atom stereocenters. The van der Waals surface area contributed by atoms with E-state index in [1.807, 2.05) is 13.0 Å². The molecule has 0 fully saturated rings. The van der Waals surface area contributed by atoms with Gasteiger partial charge in [-0.25, -0.2) is 0 Å². The zero-order chi connectivity index (χ0) is 44.9. The molecule has 0 radical (unpaired) electrons. The molecule has 0 bridgehead atoms. The molecule has 3 heteroatoms. The molecule has 0 aromatic heterocycles. The number of hydrogen-bond donors (Lipinski definition) is 0. The number of benzene rings is 10. The van der Waals surface area contributed by atoms with E-state index < -0.39 is 5.41 Å². The number of anilines is 6. The molecule has 12 rings (SSSR count). The SMILES string of the molecule is C=CC1=C(/C=C\C)Oc2ccccc2C12c1ccccc1-c1cccc(-c3cc(N(c4ccccc4)c4ccc5ccccc5c4)cc(N(c4ccccc4)c4ccc5ccccc5c4)c3)c12. The maximum absolute atomic E-state index is 6.80. The van der Waals surface area contributed by atoms with E-state index in [0.717, 1.165) is 67.9 Å². The monoisotopic (exact) mass is 858 g/mol.